The minimum absolute atomic E-state index is 0.171. The van der Waals surface area contributed by atoms with Crippen LogP contribution in [0.2, 0.25) is 0 Å². The number of morpholine rings is 1. The molecular weight excluding hydrogens is 258 g/mol. The second-order valence-corrected chi connectivity index (χ2v) is 6.75. The Morgan fingerprint density at radius 1 is 1.45 bits per heavy atom. The smallest absolute Gasteiger partial charge is 0.410 e. The molecule has 2 rings (SSSR count). The van der Waals surface area contributed by atoms with Crippen molar-refractivity contribution in [3.63, 3.8) is 0 Å². The van der Waals surface area contributed by atoms with Crippen molar-refractivity contribution >= 4 is 6.09 Å². The third-order valence-corrected chi connectivity index (χ3v) is 3.67. The zero-order valence-corrected chi connectivity index (χ0v) is 12.4. The number of carbonyl (C=O) groups excluding carboxylic acids is 1. The lowest BCUT2D eigenvalue weighted by molar-refractivity contribution is -0.136. The Morgan fingerprint density at radius 2 is 2.00 bits per heavy atom. The first-order valence-corrected chi connectivity index (χ1v) is 6.99. The van der Waals surface area contributed by atoms with Gasteiger partial charge in [-0.15, -0.1) is 12.3 Å². The summed E-state index contributed by atoms with van der Waals surface area (Å²) < 4.78 is 11.0. The highest BCUT2D eigenvalue weighted by molar-refractivity contribution is 5.69. The van der Waals surface area contributed by atoms with Crippen molar-refractivity contribution in [1.29, 1.82) is 0 Å². The molecule has 0 spiro atoms. The lowest BCUT2D eigenvalue weighted by Gasteiger charge is -2.50. The number of nitrogens with zero attached hydrogens (tertiary/aromatic N) is 1. The topological polar surface area (TPSA) is 59.0 Å². The summed E-state index contributed by atoms with van der Waals surface area (Å²) in [5, 5.41) is 10.5. The molecule has 0 aliphatic carbocycles. The van der Waals surface area contributed by atoms with Gasteiger partial charge in [0.2, 0.25) is 0 Å². The Labute approximate surface area is 120 Å². The number of terminal acetylenes is 1. The fraction of sp³-hybridized carbons (Fsp3) is 0.800. The molecule has 2 fully saturated rings. The molecule has 1 N–H and O–H groups in total. The highest BCUT2D eigenvalue weighted by Crippen LogP contribution is 2.37. The van der Waals surface area contributed by atoms with E-state index in [1.54, 1.807) is 4.90 Å². The number of amides is 1. The quantitative estimate of drug-likeness (QED) is 0.741. The van der Waals surface area contributed by atoms with Crippen molar-refractivity contribution < 1.29 is 19.4 Å². The molecular formula is C15H23NO4. The summed E-state index contributed by atoms with van der Waals surface area (Å²) in [6.45, 7) is 6.37. The molecule has 2 unspecified atom stereocenters. The molecule has 2 saturated heterocycles. The predicted molar refractivity (Wildman–Crippen MR) is 74.1 cm³/mol. The number of hydrogen-bond acceptors (Lipinski definition) is 4. The summed E-state index contributed by atoms with van der Waals surface area (Å²) in [7, 11) is 0. The molecule has 0 radical (unpaired) electrons. The van der Waals surface area contributed by atoms with Crippen LogP contribution in [0.4, 0.5) is 4.79 Å². The zero-order chi connectivity index (χ0) is 15.0. The van der Waals surface area contributed by atoms with E-state index in [4.69, 9.17) is 15.9 Å². The van der Waals surface area contributed by atoms with Gasteiger partial charge in [-0.1, -0.05) is 0 Å². The summed E-state index contributed by atoms with van der Waals surface area (Å²) in [6, 6.07) is -0.341. The molecule has 2 bridgehead atoms. The van der Waals surface area contributed by atoms with E-state index in [0.717, 1.165) is 0 Å². The van der Waals surface area contributed by atoms with Gasteiger partial charge in [0.25, 0.3) is 0 Å². The van der Waals surface area contributed by atoms with E-state index in [0.29, 0.717) is 32.5 Å². The molecule has 0 aromatic rings. The van der Waals surface area contributed by atoms with E-state index < -0.39 is 11.2 Å². The molecule has 2 aliphatic rings. The minimum Gasteiger partial charge on any atom is -0.444 e. The number of aliphatic hydroxyl groups is 1. The first-order chi connectivity index (χ1) is 9.24. The molecule has 2 aliphatic heterocycles. The van der Waals surface area contributed by atoms with Crippen molar-refractivity contribution in [3.8, 4) is 12.3 Å². The van der Waals surface area contributed by atoms with Crippen LogP contribution in [0.3, 0.4) is 0 Å². The van der Waals surface area contributed by atoms with Gasteiger partial charge in [0.05, 0.1) is 30.9 Å². The maximum absolute atomic E-state index is 12.3. The largest absolute Gasteiger partial charge is 0.444 e. The zero-order valence-electron chi connectivity index (χ0n) is 12.4. The average molecular weight is 281 g/mol. The summed E-state index contributed by atoms with van der Waals surface area (Å²) in [5.41, 5.74) is -1.43. The lowest BCUT2D eigenvalue weighted by Crippen LogP contribution is -2.63. The van der Waals surface area contributed by atoms with E-state index in [1.807, 2.05) is 20.8 Å². The molecule has 0 aromatic carbocycles. The van der Waals surface area contributed by atoms with Crippen LogP contribution >= 0.6 is 0 Å². The van der Waals surface area contributed by atoms with Gasteiger partial charge in [-0.2, -0.15) is 0 Å². The Hall–Kier alpha value is -1.25. The van der Waals surface area contributed by atoms with Crippen molar-refractivity contribution in [2.24, 2.45) is 0 Å². The SMILES string of the molecule is C#CCC1(O)CC2COCC(C1)N2C(=O)OC(C)(C)C. The van der Waals surface area contributed by atoms with Crippen LogP contribution < -0.4 is 0 Å². The number of hydrogen-bond donors (Lipinski definition) is 1. The molecule has 0 aromatic heterocycles. The van der Waals surface area contributed by atoms with E-state index >= 15 is 0 Å². The van der Waals surface area contributed by atoms with Gasteiger partial charge in [-0.25, -0.2) is 4.79 Å². The van der Waals surface area contributed by atoms with Gasteiger partial charge in [0, 0.05) is 6.42 Å². The van der Waals surface area contributed by atoms with Crippen LogP contribution in [-0.4, -0.2) is 52.6 Å². The molecule has 2 atom stereocenters. The molecule has 20 heavy (non-hydrogen) atoms. The van der Waals surface area contributed by atoms with Gasteiger partial charge in [0.15, 0.2) is 0 Å². The molecule has 0 saturated carbocycles. The maximum atomic E-state index is 12.3. The highest BCUT2D eigenvalue weighted by atomic mass is 16.6. The third kappa shape index (κ3) is 3.25. The van der Waals surface area contributed by atoms with Crippen molar-refractivity contribution in [2.45, 2.75) is 63.3 Å². The van der Waals surface area contributed by atoms with E-state index in [2.05, 4.69) is 5.92 Å². The maximum Gasteiger partial charge on any atom is 0.410 e. The summed E-state index contributed by atoms with van der Waals surface area (Å²) in [6.07, 6.45) is 6.17. The summed E-state index contributed by atoms with van der Waals surface area (Å²) in [4.78, 5) is 14.0. The number of rotatable bonds is 1. The van der Waals surface area contributed by atoms with Crippen LogP contribution in [0, 0.1) is 12.3 Å². The molecule has 2 heterocycles. The van der Waals surface area contributed by atoms with Crippen molar-refractivity contribution in [2.75, 3.05) is 13.2 Å². The number of fused-ring (bicyclic) bond motifs is 2. The highest BCUT2D eigenvalue weighted by Gasteiger charge is 2.48. The molecule has 5 nitrogen and oxygen atoms in total. The standard InChI is InChI=1S/C15H23NO4/c1-5-6-15(18)7-11-9-19-10-12(8-15)16(11)13(17)20-14(2,3)4/h1,11-12,18H,6-10H2,2-4H3. The van der Waals surface area contributed by atoms with Crippen LogP contribution in [0.15, 0.2) is 0 Å². The first-order valence-electron chi connectivity index (χ1n) is 6.99. The normalized spacial score (nSPS) is 33.5. The van der Waals surface area contributed by atoms with Gasteiger partial charge in [-0.05, 0) is 33.6 Å². The minimum atomic E-state index is -0.896. The molecule has 1 amide bonds. The Kier molecular flexibility index (Phi) is 3.99. The van der Waals surface area contributed by atoms with Crippen LogP contribution in [0.1, 0.15) is 40.0 Å². The van der Waals surface area contributed by atoms with Gasteiger partial charge < -0.3 is 14.6 Å². The third-order valence-electron chi connectivity index (χ3n) is 3.67. The van der Waals surface area contributed by atoms with E-state index in [1.165, 1.54) is 0 Å². The fourth-order valence-electron chi connectivity index (χ4n) is 3.02. The number of carbonyl (C=O) groups is 1. The Morgan fingerprint density at radius 3 is 2.45 bits per heavy atom. The monoisotopic (exact) mass is 281 g/mol. The van der Waals surface area contributed by atoms with Crippen molar-refractivity contribution in [1.82, 2.24) is 4.90 Å². The molecule has 112 valence electrons. The van der Waals surface area contributed by atoms with Crippen LogP contribution in [0.25, 0.3) is 0 Å². The van der Waals surface area contributed by atoms with E-state index in [9.17, 15) is 9.90 Å². The Balaban J connectivity index is 2.13. The first kappa shape index (κ1) is 15.1. The fourth-order valence-corrected chi connectivity index (χ4v) is 3.02. The van der Waals surface area contributed by atoms with Crippen molar-refractivity contribution in [3.05, 3.63) is 0 Å². The number of piperidine rings is 1. The van der Waals surface area contributed by atoms with Gasteiger partial charge in [-0.3, -0.25) is 4.90 Å². The van der Waals surface area contributed by atoms with E-state index in [-0.39, 0.29) is 18.2 Å². The van der Waals surface area contributed by atoms with Crippen LogP contribution in [-0.2, 0) is 9.47 Å². The lowest BCUT2D eigenvalue weighted by atomic mass is 9.79. The van der Waals surface area contributed by atoms with Crippen LogP contribution in [0.5, 0.6) is 0 Å². The van der Waals surface area contributed by atoms with Gasteiger partial charge in [0.1, 0.15) is 5.60 Å². The van der Waals surface area contributed by atoms with Gasteiger partial charge >= 0.3 is 6.09 Å². The summed E-state index contributed by atoms with van der Waals surface area (Å²) in [5.74, 6) is 2.52. The average Bonchev–Trinajstić information content (AvgIpc) is 2.24. The summed E-state index contributed by atoms with van der Waals surface area (Å²) >= 11 is 0. The second kappa shape index (κ2) is 5.27. The number of ether oxygens (including phenoxy) is 2. The predicted octanol–water partition coefficient (Wildman–Crippen LogP) is 1.54. The second-order valence-electron chi connectivity index (χ2n) is 6.75. The molecule has 5 heteroatoms. The Bertz CT molecular complexity index is 407.